The van der Waals surface area contributed by atoms with Crippen LogP contribution in [0.15, 0.2) is 24.5 Å². The zero-order valence-corrected chi connectivity index (χ0v) is 8.98. The van der Waals surface area contributed by atoms with E-state index in [1.165, 1.54) is 5.69 Å². The number of piperazine rings is 1. The van der Waals surface area contributed by atoms with E-state index in [0.29, 0.717) is 5.84 Å². The molecule has 0 aromatic carbocycles. The lowest BCUT2D eigenvalue weighted by Gasteiger charge is -2.36. The lowest BCUT2D eigenvalue weighted by molar-refractivity contribution is 0.382. The van der Waals surface area contributed by atoms with Gasteiger partial charge in [0.05, 0.1) is 5.84 Å². The van der Waals surface area contributed by atoms with Crippen molar-refractivity contribution in [2.24, 2.45) is 0 Å². The molecule has 0 spiro atoms. The van der Waals surface area contributed by atoms with Gasteiger partial charge in [0.1, 0.15) is 0 Å². The van der Waals surface area contributed by atoms with E-state index in [1.807, 2.05) is 31.5 Å². The predicted octanol–water partition coefficient (Wildman–Crippen LogP) is 1.20. The van der Waals surface area contributed by atoms with Gasteiger partial charge in [0.2, 0.25) is 0 Å². The second-order valence-electron chi connectivity index (χ2n) is 3.76. The molecule has 2 rings (SSSR count). The average Bonchev–Trinajstić information content (AvgIpc) is 2.30. The first-order valence-electron chi connectivity index (χ1n) is 5.22. The van der Waals surface area contributed by atoms with Crippen LogP contribution in [0.25, 0.3) is 0 Å². The van der Waals surface area contributed by atoms with Gasteiger partial charge in [0.25, 0.3) is 0 Å². The highest BCUT2D eigenvalue weighted by Crippen LogP contribution is 2.14. The highest BCUT2D eigenvalue weighted by atomic mass is 15.3. The second kappa shape index (κ2) is 4.29. The van der Waals surface area contributed by atoms with Crippen LogP contribution in [-0.4, -0.2) is 41.9 Å². The van der Waals surface area contributed by atoms with Gasteiger partial charge in [-0.15, -0.1) is 0 Å². The lowest BCUT2D eigenvalue weighted by atomic mass is 10.2. The Morgan fingerprint density at radius 3 is 2.33 bits per heavy atom. The molecule has 80 valence electrons. The van der Waals surface area contributed by atoms with Crippen LogP contribution in [-0.2, 0) is 0 Å². The van der Waals surface area contributed by atoms with Crippen molar-refractivity contribution in [3.05, 3.63) is 24.5 Å². The number of nitrogens with one attached hydrogen (secondary N) is 1. The highest BCUT2D eigenvalue weighted by Gasteiger charge is 2.16. The first-order chi connectivity index (χ1) is 7.27. The standard InChI is InChI=1S/C11H16N4/c1-10(12)14-6-8-15(9-7-14)11-2-4-13-5-3-11/h2-5,12H,6-9H2,1H3. The average molecular weight is 204 g/mol. The van der Waals surface area contributed by atoms with Crippen LogP contribution in [0.1, 0.15) is 6.92 Å². The topological polar surface area (TPSA) is 43.2 Å². The number of aromatic nitrogens is 1. The summed E-state index contributed by atoms with van der Waals surface area (Å²) in [4.78, 5) is 8.46. The summed E-state index contributed by atoms with van der Waals surface area (Å²) in [5.41, 5.74) is 1.23. The van der Waals surface area contributed by atoms with Crippen LogP contribution < -0.4 is 4.90 Å². The molecule has 1 aliphatic rings. The van der Waals surface area contributed by atoms with E-state index in [-0.39, 0.29) is 0 Å². The van der Waals surface area contributed by atoms with Gasteiger partial charge in [-0.1, -0.05) is 0 Å². The number of hydrogen-bond acceptors (Lipinski definition) is 3. The van der Waals surface area contributed by atoms with Crippen molar-refractivity contribution in [1.82, 2.24) is 9.88 Å². The fourth-order valence-electron chi connectivity index (χ4n) is 1.85. The summed E-state index contributed by atoms with van der Waals surface area (Å²) in [5.74, 6) is 0.671. The molecule has 4 heteroatoms. The van der Waals surface area contributed by atoms with Crippen molar-refractivity contribution in [2.75, 3.05) is 31.1 Å². The number of amidine groups is 1. The Balaban J connectivity index is 1.97. The summed E-state index contributed by atoms with van der Waals surface area (Å²) in [5, 5.41) is 7.56. The Bertz CT molecular complexity index is 328. The lowest BCUT2D eigenvalue weighted by Crippen LogP contribution is -2.47. The molecule has 0 saturated carbocycles. The van der Waals surface area contributed by atoms with Crippen LogP contribution in [0.3, 0.4) is 0 Å². The van der Waals surface area contributed by atoms with Gasteiger partial charge in [0.15, 0.2) is 0 Å². The second-order valence-corrected chi connectivity index (χ2v) is 3.76. The maximum Gasteiger partial charge on any atom is 0.0927 e. The third-order valence-corrected chi connectivity index (χ3v) is 2.78. The normalized spacial score (nSPS) is 16.6. The molecular weight excluding hydrogens is 188 g/mol. The molecule has 1 N–H and O–H groups in total. The molecule has 0 bridgehead atoms. The first-order valence-corrected chi connectivity index (χ1v) is 5.22. The molecule has 1 aromatic heterocycles. The van der Waals surface area contributed by atoms with Crippen LogP contribution in [0.2, 0.25) is 0 Å². The SMILES string of the molecule is CC(=N)N1CCN(c2ccncc2)CC1. The number of rotatable bonds is 1. The Morgan fingerprint density at radius 1 is 1.20 bits per heavy atom. The maximum atomic E-state index is 7.56. The number of nitrogens with zero attached hydrogens (tertiary/aromatic N) is 3. The Hall–Kier alpha value is -1.58. The minimum absolute atomic E-state index is 0.671. The molecule has 0 amide bonds. The van der Waals surface area contributed by atoms with E-state index in [0.717, 1.165) is 26.2 Å². The molecule has 15 heavy (non-hydrogen) atoms. The molecule has 1 aromatic rings. The predicted molar refractivity (Wildman–Crippen MR) is 61.4 cm³/mol. The summed E-state index contributed by atoms with van der Waals surface area (Å²) < 4.78 is 0. The van der Waals surface area contributed by atoms with Gasteiger partial charge >= 0.3 is 0 Å². The fourth-order valence-corrected chi connectivity index (χ4v) is 1.85. The maximum absolute atomic E-state index is 7.56. The molecule has 0 radical (unpaired) electrons. The van der Waals surface area contributed by atoms with E-state index in [4.69, 9.17) is 5.41 Å². The quantitative estimate of drug-likeness (QED) is 0.552. The molecule has 0 aliphatic carbocycles. The van der Waals surface area contributed by atoms with Gasteiger partial charge in [0, 0.05) is 44.3 Å². The van der Waals surface area contributed by atoms with Gasteiger partial charge < -0.3 is 9.80 Å². The monoisotopic (exact) mass is 204 g/mol. The van der Waals surface area contributed by atoms with Crippen LogP contribution >= 0.6 is 0 Å². The number of anilines is 1. The number of hydrogen-bond donors (Lipinski definition) is 1. The third kappa shape index (κ3) is 2.26. The number of pyridine rings is 1. The van der Waals surface area contributed by atoms with Crippen molar-refractivity contribution in [3.8, 4) is 0 Å². The Kier molecular flexibility index (Phi) is 2.85. The van der Waals surface area contributed by atoms with E-state index in [9.17, 15) is 0 Å². The van der Waals surface area contributed by atoms with Crippen molar-refractivity contribution >= 4 is 11.5 Å². The summed E-state index contributed by atoms with van der Waals surface area (Å²) in [7, 11) is 0. The minimum atomic E-state index is 0.671. The summed E-state index contributed by atoms with van der Waals surface area (Å²) in [6, 6.07) is 4.07. The minimum Gasteiger partial charge on any atom is -0.368 e. The van der Waals surface area contributed by atoms with Crippen molar-refractivity contribution < 1.29 is 0 Å². The van der Waals surface area contributed by atoms with Crippen LogP contribution in [0, 0.1) is 5.41 Å². The van der Waals surface area contributed by atoms with E-state index >= 15 is 0 Å². The molecule has 4 nitrogen and oxygen atoms in total. The fraction of sp³-hybridized carbons (Fsp3) is 0.455. The molecule has 0 unspecified atom stereocenters. The van der Waals surface area contributed by atoms with Gasteiger partial charge in [-0.3, -0.25) is 10.4 Å². The zero-order chi connectivity index (χ0) is 10.7. The third-order valence-electron chi connectivity index (χ3n) is 2.78. The smallest absolute Gasteiger partial charge is 0.0927 e. The van der Waals surface area contributed by atoms with Crippen LogP contribution in [0.4, 0.5) is 5.69 Å². The summed E-state index contributed by atoms with van der Waals surface area (Å²) in [6.45, 7) is 5.71. The summed E-state index contributed by atoms with van der Waals surface area (Å²) in [6.07, 6.45) is 3.65. The highest BCUT2D eigenvalue weighted by molar-refractivity contribution is 5.76. The zero-order valence-electron chi connectivity index (χ0n) is 8.98. The largest absolute Gasteiger partial charge is 0.368 e. The summed E-state index contributed by atoms with van der Waals surface area (Å²) >= 11 is 0. The molecule has 1 fully saturated rings. The van der Waals surface area contributed by atoms with Crippen molar-refractivity contribution in [2.45, 2.75) is 6.92 Å². The molecule has 2 heterocycles. The van der Waals surface area contributed by atoms with E-state index in [2.05, 4.69) is 14.8 Å². The van der Waals surface area contributed by atoms with Crippen LogP contribution in [0.5, 0.6) is 0 Å². The molecule has 0 atom stereocenters. The van der Waals surface area contributed by atoms with Crippen molar-refractivity contribution in [3.63, 3.8) is 0 Å². The van der Waals surface area contributed by atoms with E-state index in [1.54, 1.807) is 0 Å². The molecule has 1 saturated heterocycles. The Labute approximate surface area is 90.0 Å². The van der Waals surface area contributed by atoms with Gasteiger partial charge in [-0.2, -0.15) is 0 Å². The van der Waals surface area contributed by atoms with E-state index < -0.39 is 0 Å². The Morgan fingerprint density at radius 2 is 1.80 bits per heavy atom. The first kappa shape index (κ1) is 9.96. The van der Waals surface area contributed by atoms with Gasteiger partial charge in [-0.25, -0.2) is 0 Å². The van der Waals surface area contributed by atoms with Gasteiger partial charge in [-0.05, 0) is 19.1 Å². The molecular formula is C11H16N4. The molecule has 1 aliphatic heterocycles. The van der Waals surface area contributed by atoms with Crippen molar-refractivity contribution in [1.29, 1.82) is 5.41 Å².